The highest BCUT2D eigenvalue weighted by atomic mass is 35.5. The third-order valence-electron chi connectivity index (χ3n) is 3.06. The number of hydrogen-bond acceptors (Lipinski definition) is 6. The molecular formula is C17H14ClNO5S. The van der Waals surface area contributed by atoms with Crippen molar-refractivity contribution < 1.29 is 23.9 Å². The zero-order valence-corrected chi connectivity index (χ0v) is 14.6. The molecule has 1 heterocycles. The molecule has 0 aliphatic rings. The number of halogens is 1. The summed E-state index contributed by atoms with van der Waals surface area (Å²) in [6.45, 7) is -0.587. The second kappa shape index (κ2) is 9.10. The Hall–Kier alpha value is -2.51. The number of esters is 1. The Bertz CT molecular complexity index is 787. The minimum atomic E-state index is -0.737. The van der Waals surface area contributed by atoms with E-state index in [0.717, 1.165) is 11.3 Å². The molecule has 130 valence electrons. The summed E-state index contributed by atoms with van der Waals surface area (Å²) >= 11 is 6.87. The van der Waals surface area contributed by atoms with E-state index in [1.165, 1.54) is 0 Å². The summed E-state index contributed by atoms with van der Waals surface area (Å²) in [7, 11) is 0. The lowest BCUT2D eigenvalue weighted by Gasteiger charge is -2.05. The van der Waals surface area contributed by atoms with Crippen molar-refractivity contribution in [2.75, 3.05) is 6.61 Å². The van der Waals surface area contributed by atoms with Crippen LogP contribution in [0.4, 0.5) is 0 Å². The van der Waals surface area contributed by atoms with Crippen molar-refractivity contribution in [3.05, 3.63) is 57.2 Å². The van der Waals surface area contributed by atoms with Crippen LogP contribution in [-0.2, 0) is 14.3 Å². The number of ketones is 1. The lowest BCUT2D eigenvalue weighted by atomic mass is 10.2. The Labute approximate surface area is 152 Å². The Balaban J connectivity index is 1.70. The van der Waals surface area contributed by atoms with Crippen molar-refractivity contribution >= 4 is 46.5 Å². The topological polar surface area (TPSA) is 89.5 Å². The summed E-state index contributed by atoms with van der Waals surface area (Å²) < 4.78 is 5.25. The molecule has 25 heavy (non-hydrogen) atoms. The molecule has 0 atom stereocenters. The largest absolute Gasteiger partial charge is 0.456 e. The standard InChI is InChI=1S/C17H14ClNO5S/c18-14-8-7-13(25-14)12(20)6-9-16(22)24-10-15(21)19-17(23)11-4-2-1-3-5-11/h1-5,7-8H,6,9-10H2,(H,19,21,23). The molecule has 1 aromatic carbocycles. The summed E-state index contributed by atoms with van der Waals surface area (Å²) in [4.78, 5) is 47.2. The van der Waals surface area contributed by atoms with Crippen molar-refractivity contribution in [1.29, 1.82) is 0 Å². The summed E-state index contributed by atoms with van der Waals surface area (Å²) in [5.74, 6) is -2.24. The van der Waals surface area contributed by atoms with Crippen LogP contribution in [0.5, 0.6) is 0 Å². The van der Waals surface area contributed by atoms with Crippen LogP contribution in [0.1, 0.15) is 32.9 Å². The third kappa shape index (κ3) is 6.13. The van der Waals surface area contributed by atoms with Crippen molar-refractivity contribution in [1.82, 2.24) is 5.32 Å². The van der Waals surface area contributed by atoms with Gasteiger partial charge in [-0.3, -0.25) is 24.5 Å². The number of imide groups is 1. The number of nitrogens with one attached hydrogen (secondary N) is 1. The molecule has 2 rings (SSSR count). The average Bonchev–Trinajstić information content (AvgIpc) is 3.05. The van der Waals surface area contributed by atoms with Crippen LogP contribution >= 0.6 is 22.9 Å². The van der Waals surface area contributed by atoms with Crippen LogP contribution in [-0.4, -0.2) is 30.2 Å². The lowest BCUT2D eigenvalue weighted by Crippen LogP contribution is -2.34. The van der Waals surface area contributed by atoms with Gasteiger partial charge in [0.05, 0.1) is 15.6 Å². The van der Waals surface area contributed by atoms with Crippen LogP contribution in [0.15, 0.2) is 42.5 Å². The van der Waals surface area contributed by atoms with E-state index in [9.17, 15) is 19.2 Å². The van der Waals surface area contributed by atoms with E-state index < -0.39 is 24.4 Å². The Kier molecular flexibility index (Phi) is 6.85. The number of amides is 2. The number of ether oxygens (including phenoxy) is 1. The molecule has 0 aliphatic carbocycles. The monoisotopic (exact) mass is 379 g/mol. The SMILES string of the molecule is O=C(COC(=O)CCC(=O)c1ccc(Cl)s1)NC(=O)c1ccccc1. The van der Waals surface area contributed by atoms with Gasteiger partial charge in [-0.15, -0.1) is 11.3 Å². The molecule has 0 saturated heterocycles. The zero-order chi connectivity index (χ0) is 18.2. The highest BCUT2D eigenvalue weighted by Gasteiger charge is 2.15. The number of benzene rings is 1. The van der Waals surface area contributed by atoms with E-state index in [2.05, 4.69) is 5.32 Å². The van der Waals surface area contributed by atoms with Crippen LogP contribution in [0, 0.1) is 0 Å². The zero-order valence-electron chi connectivity index (χ0n) is 13.0. The molecule has 1 aromatic heterocycles. The molecule has 0 saturated carbocycles. The van der Waals surface area contributed by atoms with Crippen molar-refractivity contribution in [2.24, 2.45) is 0 Å². The van der Waals surface area contributed by atoms with Crippen LogP contribution in [0.3, 0.4) is 0 Å². The highest BCUT2D eigenvalue weighted by molar-refractivity contribution is 7.18. The fourth-order valence-electron chi connectivity index (χ4n) is 1.85. The molecule has 0 spiro atoms. The molecular weight excluding hydrogens is 366 g/mol. The van der Waals surface area contributed by atoms with Gasteiger partial charge in [-0.05, 0) is 24.3 Å². The Morgan fingerprint density at radius 1 is 1.00 bits per heavy atom. The van der Waals surface area contributed by atoms with Gasteiger partial charge < -0.3 is 4.74 Å². The summed E-state index contributed by atoms with van der Waals surface area (Å²) in [6.07, 6.45) is -0.200. The summed E-state index contributed by atoms with van der Waals surface area (Å²) in [5.41, 5.74) is 0.322. The second-order valence-electron chi connectivity index (χ2n) is 4.93. The Morgan fingerprint density at radius 2 is 1.72 bits per heavy atom. The maximum absolute atomic E-state index is 11.8. The van der Waals surface area contributed by atoms with Gasteiger partial charge in [-0.1, -0.05) is 29.8 Å². The van der Waals surface area contributed by atoms with Gasteiger partial charge in [0.1, 0.15) is 0 Å². The minimum Gasteiger partial charge on any atom is -0.456 e. The quantitative estimate of drug-likeness (QED) is 0.590. The van der Waals surface area contributed by atoms with E-state index in [1.807, 2.05) is 0 Å². The predicted molar refractivity (Wildman–Crippen MR) is 92.8 cm³/mol. The average molecular weight is 380 g/mol. The van der Waals surface area contributed by atoms with E-state index in [4.69, 9.17) is 16.3 Å². The van der Waals surface area contributed by atoms with E-state index in [0.29, 0.717) is 14.8 Å². The first kappa shape index (κ1) is 18.8. The summed E-state index contributed by atoms with van der Waals surface area (Å²) in [6, 6.07) is 11.4. The molecule has 1 N–H and O–H groups in total. The van der Waals surface area contributed by atoms with Gasteiger partial charge in [0.2, 0.25) is 0 Å². The molecule has 0 bridgehead atoms. The third-order valence-corrected chi connectivity index (χ3v) is 4.33. The highest BCUT2D eigenvalue weighted by Crippen LogP contribution is 2.22. The molecule has 0 unspecified atom stereocenters. The van der Waals surface area contributed by atoms with Crippen molar-refractivity contribution in [3.63, 3.8) is 0 Å². The first-order valence-corrected chi connectivity index (χ1v) is 8.48. The molecule has 0 radical (unpaired) electrons. The van der Waals surface area contributed by atoms with E-state index in [-0.39, 0.29) is 18.6 Å². The molecule has 6 nitrogen and oxygen atoms in total. The normalized spacial score (nSPS) is 10.1. The maximum atomic E-state index is 11.8. The molecule has 2 amide bonds. The fraction of sp³-hybridized carbons (Fsp3) is 0.176. The number of thiophene rings is 1. The first-order valence-electron chi connectivity index (χ1n) is 7.29. The Morgan fingerprint density at radius 3 is 2.36 bits per heavy atom. The summed E-state index contributed by atoms with van der Waals surface area (Å²) in [5, 5.41) is 2.11. The van der Waals surface area contributed by atoms with Crippen molar-refractivity contribution in [2.45, 2.75) is 12.8 Å². The maximum Gasteiger partial charge on any atom is 0.306 e. The number of hydrogen-bond donors (Lipinski definition) is 1. The van der Waals surface area contributed by atoms with E-state index in [1.54, 1.807) is 42.5 Å². The predicted octanol–water partition coefficient (Wildman–Crippen LogP) is 2.86. The number of rotatable bonds is 7. The fourth-order valence-corrected chi connectivity index (χ4v) is 2.86. The van der Waals surface area contributed by atoms with Crippen LogP contribution in [0.25, 0.3) is 0 Å². The van der Waals surface area contributed by atoms with Crippen LogP contribution in [0.2, 0.25) is 4.34 Å². The van der Waals surface area contributed by atoms with Gasteiger partial charge in [-0.2, -0.15) is 0 Å². The molecule has 2 aromatic rings. The van der Waals surface area contributed by atoms with Gasteiger partial charge >= 0.3 is 5.97 Å². The smallest absolute Gasteiger partial charge is 0.306 e. The van der Waals surface area contributed by atoms with Gasteiger partial charge in [0, 0.05) is 12.0 Å². The van der Waals surface area contributed by atoms with Gasteiger partial charge in [-0.25, -0.2) is 0 Å². The molecule has 0 fully saturated rings. The first-order chi connectivity index (χ1) is 12.0. The number of Topliss-reactive ketones (excluding diaryl/α,β-unsaturated/α-hetero) is 1. The lowest BCUT2D eigenvalue weighted by molar-refractivity contribution is -0.148. The van der Waals surface area contributed by atoms with Gasteiger partial charge in [0.25, 0.3) is 11.8 Å². The van der Waals surface area contributed by atoms with E-state index >= 15 is 0 Å². The number of carbonyl (C=O) groups excluding carboxylic acids is 4. The second-order valence-corrected chi connectivity index (χ2v) is 6.65. The minimum absolute atomic E-state index is 0.0414. The van der Waals surface area contributed by atoms with Crippen molar-refractivity contribution in [3.8, 4) is 0 Å². The van der Waals surface area contributed by atoms with Gasteiger partial charge in [0.15, 0.2) is 12.4 Å². The van der Waals surface area contributed by atoms with Crippen LogP contribution < -0.4 is 5.32 Å². The molecule has 0 aliphatic heterocycles. The number of carbonyl (C=O) groups is 4. The molecule has 8 heteroatoms.